The molecule has 0 spiro atoms. The second-order valence-corrected chi connectivity index (χ2v) is 5.05. The van der Waals surface area contributed by atoms with Crippen LogP contribution in [0, 0.1) is 11.3 Å². The number of halogens is 3. The van der Waals surface area contributed by atoms with Crippen molar-refractivity contribution in [2.75, 3.05) is 11.6 Å². The van der Waals surface area contributed by atoms with E-state index < -0.39 is 11.7 Å². The molecule has 96 valence electrons. The molecular weight excluding hydrogens is 261 g/mol. The third-order valence-corrected chi connectivity index (χ3v) is 3.80. The first-order valence-corrected chi connectivity index (χ1v) is 6.58. The van der Waals surface area contributed by atoms with E-state index in [0.717, 1.165) is 0 Å². The van der Waals surface area contributed by atoms with E-state index in [1.165, 1.54) is 17.8 Å². The predicted molar refractivity (Wildman–Crippen MR) is 64.6 cm³/mol. The average Bonchev–Trinajstić information content (AvgIpc) is 3.09. The predicted octanol–water partition coefficient (Wildman–Crippen LogP) is 3.79. The van der Waals surface area contributed by atoms with E-state index in [2.05, 4.69) is 5.32 Å². The van der Waals surface area contributed by atoms with Crippen molar-refractivity contribution in [2.24, 2.45) is 0 Å². The van der Waals surface area contributed by atoms with E-state index in [9.17, 15) is 13.2 Å². The summed E-state index contributed by atoms with van der Waals surface area (Å²) in [5.74, 6) is 0. The highest BCUT2D eigenvalue weighted by molar-refractivity contribution is 7.98. The topological polar surface area (TPSA) is 35.8 Å². The van der Waals surface area contributed by atoms with Gasteiger partial charge in [-0.15, -0.1) is 11.8 Å². The van der Waals surface area contributed by atoms with Gasteiger partial charge in [-0.25, -0.2) is 0 Å². The fourth-order valence-corrected chi connectivity index (χ4v) is 2.36. The molecule has 0 amide bonds. The Kier molecular flexibility index (Phi) is 3.20. The molecule has 1 aliphatic carbocycles. The molecule has 1 aromatic carbocycles. The Morgan fingerprint density at radius 3 is 2.50 bits per heavy atom. The smallest absolute Gasteiger partial charge is 0.370 e. The lowest BCUT2D eigenvalue weighted by Crippen LogP contribution is -2.38. The Balaban J connectivity index is 2.34. The highest BCUT2D eigenvalue weighted by atomic mass is 32.2. The Hall–Kier alpha value is -1.35. The van der Waals surface area contributed by atoms with Crippen LogP contribution in [0.15, 0.2) is 23.1 Å². The molecule has 0 saturated heterocycles. The van der Waals surface area contributed by atoms with Gasteiger partial charge in [-0.05, 0) is 31.2 Å². The number of hydrogen-bond donors (Lipinski definition) is 1. The van der Waals surface area contributed by atoms with E-state index in [1.807, 2.05) is 6.07 Å². The van der Waals surface area contributed by atoms with Crippen LogP contribution in [0.25, 0.3) is 0 Å². The fourth-order valence-electron chi connectivity index (χ4n) is 1.78. The summed E-state index contributed by atoms with van der Waals surface area (Å²) in [5.41, 5.74) is -1.30. The Bertz CT molecular complexity index is 501. The van der Waals surface area contributed by atoms with Crippen molar-refractivity contribution in [1.82, 2.24) is 0 Å². The Labute approximate surface area is 107 Å². The maximum Gasteiger partial charge on any atom is 0.411 e. The van der Waals surface area contributed by atoms with Gasteiger partial charge < -0.3 is 5.32 Å². The number of hydrogen-bond acceptors (Lipinski definition) is 3. The van der Waals surface area contributed by atoms with Gasteiger partial charge in [-0.2, -0.15) is 18.4 Å². The largest absolute Gasteiger partial charge is 0.411 e. The van der Waals surface area contributed by atoms with E-state index >= 15 is 0 Å². The van der Waals surface area contributed by atoms with Crippen LogP contribution in [0.2, 0.25) is 0 Å². The van der Waals surface area contributed by atoms with Crippen molar-refractivity contribution >= 4 is 17.4 Å². The number of alkyl halides is 3. The van der Waals surface area contributed by atoms with Gasteiger partial charge in [0.2, 0.25) is 0 Å². The molecule has 2 nitrogen and oxygen atoms in total. The molecule has 0 aliphatic heterocycles. The summed E-state index contributed by atoms with van der Waals surface area (Å²) in [6.07, 6.45) is -2.37. The summed E-state index contributed by atoms with van der Waals surface area (Å²) >= 11 is 1.34. The highest BCUT2D eigenvalue weighted by Crippen LogP contribution is 2.51. The molecule has 0 atom stereocenters. The Morgan fingerprint density at radius 1 is 1.39 bits per heavy atom. The average molecular weight is 272 g/mol. The normalized spacial score (nSPS) is 17.1. The summed E-state index contributed by atoms with van der Waals surface area (Å²) in [4.78, 5) is 0.681. The van der Waals surface area contributed by atoms with E-state index in [1.54, 1.807) is 18.4 Å². The van der Waals surface area contributed by atoms with Gasteiger partial charge in [0.1, 0.15) is 11.6 Å². The van der Waals surface area contributed by atoms with Gasteiger partial charge in [0.25, 0.3) is 0 Å². The van der Waals surface area contributed by atoms with E-state index in [-0.39, 0.29) is 24.1 Å². The van der Waals surface area contributed by atoms with Gasteiger partial charge in [-0.3, -0.25) is 0 Å². The molecule has 1 aromatic rings. The summed E-state index contributed by atoms with van der Waals surface area (Å²) in [6, 6.07) is 6.86. The van der Waals surface area contributed by atoms with E-state index in [4.69, 9.17) is 5.26 Å². The zero-order valence-corrected chi connectivity index (χ0v) is 10.5. The molecule has 2 rings (SSSR count). The molecule has 18 heavy (non-hydrogen) atoms. The minimum Gasteiger partial charge on any atom is -0.370 e. The molecule has 0 radical (unpaired) electrons. The molecule has 0 bridgehead atoms. The lowest BCUT2D eigenvalue weighted by molar-refractivity contribution is -0.151. The maximum absolute atomic E-state index is 12.8. The monoisotopic (exact) mass is 272 g/mol. The molecule has 0 aromatic heterocycles. The van der Waals surface area contributed by atoms with Gasteiger partial charge >= 0.3 is 6.18 Å². The van der Waals surface area contributed by atoms with Crippen molar-refractivity contribution in [3.8, 4) is 6.07 Å². The van der Waals surface area contributed by atoms with Crippen LogP contribution >= 0.6 is 11.8 Å². The lowest BCUT2D eigenvalue weighted by Gasteiger charge is -2.23. The third-order valence-electron chi connectivity index (χ3n) is 3.02. The number of thioether (sulfide) groups is 1. The SMILES string of the molecule is CSc1cccc(NC2(C(F)(F)F)CC2)c1C#N. The molecule has 0 heterocycles. The van der Waals surface area contributed by atoms with Gasteiger partial charge in [-0.1, -0.05) is 6.07 Å². The van der Waals surface area contributed by atoms with Crippen LogP contribution in [-0.2, 0) is 0 Å². The molecule has 1 fully saturated rings. The van der Waals surface area contributed by atoms with Crippen LogP contribution in [0.5, 0.6) is 0 Å². The molecular formula is C12H11F3N2S. The third kappa shape index (κ3) is 2.15. The minimum absolute atomic E-state index is 0.0604. The number of anilines is 1. The molecule has 0 unspecified atom stereocenters. The number of rotatable bonds is 3. The standard InChI is InChI=1S/C12H11F3N2S/c1-18-10-4-2-3-9(8(10)7-16)17-11(5-6-11)12(13,14)15/h2-4,17H,5-6H2,1H3. The second kappa shape index (κ2) is 4.39. The highest BCUT2D eigenvalue weighted by Gasteiger charge is 2.63. The van der Waals surface area contributed by atoms with Crippen LogP contribution in [0.4, 0.5) is 18.9 Å². The number of nitrogens with one attached hydrogen (secondary N) is 1. The minimum atomic E-state index is -4.28. The van der Waals surface area contributed by atoms with Crippen molar-refractivity contribution in [1.29, 1.82) is 5.26 Å². The molecule has 6 heteroatoms. The first-order chi connectivity index (χ1) is 8.43. The van der Waals surface area contributed by atoms with Crippen LogP contribution in [-0.4, -0.2) is 18.0 Å². The summed E-state index contributed by atoms with van der Waals surface area (Å²) in [5, 5.41) is 11.6. The van der Waals surface area contributed by atoms with Crippen LogP contribution < -0.4 is 5.32 Å². The van der Waals surface area contributed by atoms with Gasteiger partial charge in [0, 0.05) is 4.90 Å². The molecule has 1 saturated carbocycles. The summed E-state index contributed by atoms with van der Waals surface area (Å²) in [7, 11) is 0. The van der Waals surface area contributed by atoms with Gasteiger partial charge in [0.15, 0.2) is 0 Å². The van der Waals surface area contributed by atoms with Crippen molar-refractivity contribution in [2.45, 2.75) is 29.5 Å². The lowest BCUT2D eigenvalue weighted by atomic mass is 10.1. The summed E-state index contributed by atoms with van der Waals surface area (Å²) in [6.45, 7) is 0. The van der Waals surface area contributed by atoms with Crippen molar-refractivity contribution < 1.29 is 13.2 Å². The number of nitrogens with zero attached hydrogens (tertiary/aromatic N) is 1. The molecule has 1 N–H and O–H groups in total. The quantitative estimate of drug-likeness (QED) is 0.850. The van der Waals surface area contributed by atoms with E-state index in [0.29, 0.717) is 4.90 Å². The first kappa shape index (κ1) is 13.1. The van der Waals surface area contributed by atoms with Gasteiger partial charge in [0.05, 0.1) is 11.3 Å². The number of nitriles is 1. The van der Waals surface area contributed by atoms with Crippen molar-refractivity contribution in [3.05, 3.63) is 23.8 Å². The Morgan fingerprint density at radius 2 is 2.06 bits per heavy atom. The number of benzene rings is 1. The summed E-state index contributed by atoms with van der Waals surface area (Å²) < 4.78 is 38.5. The zero-order chi connectivity index (χ0) is 13.4. The second-order valence-electron chi connectivity index (χ2n) is 4.20. The fraction of sp³-hybridized carbons (Fsp3) is 0.417. The molecule has 1 aliphatic rings. The van der Waals surface area contributed by atoms with Crippen LogP contribution in [0.1, 0.15) is 18.4 Å². The maximum atomic E-state index is 12.8. The zero-order valence-electron chi connectivity index (χ0n) is 9.64. The first-order valence-electron chi connectivity index (χ1n) is 5.35. The van der Waals surface area contributed by atoms with Crippen LogP contribution in [0.3, 0.4) is 0 Å². The van der Waals surface area contributed by atoms with Crippen molar-refractivity contribution in [3.63, 3.8) is 0 Å².